The number of halogens is 3. The summed E-state index contributed by atoms with van der Waals surface area (Å²) in [5, 5.41) is 9.04. The Balaban J connectivity index is 2.00. The Morgan fingerprint density at radius 3 is 2.50 bits per heavy atom. The van der Waals surface area contributed by atoms with Gasteiger partial charge in [0.05, 0.1) is 16.0 Å². The minimum Gasteiger partial charge on any atom is -0.245 e. The number of pyridine rings is 1. The van der Waals surface area contributed by atoms with Gasteiger partial charge in [-0.25, -0.2) is 4.98 Å². The molecule has 1 aromatic carbocycles. The molecule has 0 spiro atoms. The highest BCUT2D eigenvalue weighted by atomic mass is 32.1. The predicted molar refractivity (Wildman–Crippen MR) is 90.5 cm³/mol. The fourth-order valence-corrected chi connectivity index (χ4v) is 3.54. The summed E-state index contributed by atoms with van der Waals surface area (Å²) in [5.41, 5.74) is 1.31. The van der Waals surface area contributed by atoms with Crippen molar-refractivity contribution in [1.29, 1.82) is 0 Å². The SMILES string of the molecule is Bc1nnc(-c2cc(C)c3cc(C4CC4)cc(C(F)(F)F)c3n2)s1. The van der Waals surface area contributed by atoms with Crippen molar-refractivity contribution in [2.75, 3.05) is 0 Å². The third kappa shape index (κ3) is 2.68. The van der Waals surface area contributed by atoms with Gasteiger partial charge in [0.1, 0.15) is 5.69 Å². The lowest BCUT2D eigenvalue weighted by molar-refractivity contribution is -0.136. The molecule has 4 rings (SSSR count). The largest absolute Gasteiger partial charge is 0.418 e. The Morgan fingerprint density at radius 2 is 1.92 bits per heavy atom. The summed E-state index contributed by atoms with van der Waals surface area (Å²) < 4.78 is 40.8. The van der Waals surface area contributed by atoms with E-state index >= 15 is 0 Å². The summed E-state index contributed by atoms with van der Waals surface area (Å²) in [5.74, 6) is 0.250. The van der Waals surface area contributed by atoms with Gasteiger partial charge in [-0.15, -0.1) is 16.4 Å². The first kappa shape index (κ1) is 15.6. The van der Waals surface area contributed by atoms with E-state index in [0.717, 1.165) is 28.9 Å². The summed E-state index contributed by atoms with van der Waals surface area (Å²) in [6.45, 7) is 1.82. The van der Waals surface area contributed by atoms with Crippen LogP contribution in [-0.4, -0.2) is 23.0 Å². The van der Waals surface area contributed by atoms with E-state index in [0.29, 0.717) is 16.1 Å². The number of fused-ring (bicyclic) bond motifs is 1. The maximum absolute atomic E-state index is 13.6. The maximum atomic E-state index is 13.6. The van der Waals surface area contributed by atoms with E-state index in [-0.39, 0.29) is 11.4 Å². The number of aryl methyl sites for hydroxylation is 1. The smallest absolute Gasteiger partial charge is 0.245 e. The molecule has 122 valence electrons. The summed E-state index contributed by atoms with van der Waals surface area (Å²) in [6.07, 6.45) is -2.52. The van der Waals surface area contributed by atoms with E-state index < -0.39 is 11.7 Å². The summed E-state index contributed by atoms with van der Waals surface area (Å²) in [7, 11) is 1.80. The van der Waals surface area contributed by atoms with Crippen LogP contribution in [-0.2, 0) is 6.18 Å². The molecule has 1 aliphatic carbocycles. The number of aromatic nitrogens is 3. The van der Waals surface area contributed by atoms with Crippen LogP contribution >= 0.6 is 11.3 Å². The summed E-state index contributed by atoms with van der Waals surface area (Å²) in [6, 6.07) is 4.92. The highest BCUT2D eigenvalue weighted by Crippen LogP contribution is 2.45. The Kier molecular flexibility index (Phi) is 3.42. The second-order valence-corrected chi connectivity index (χ2v) is 7.37. The third-order valence-corrected chi connectivity index (χ3v) is 5.10. The zero-order chi connectivity index (χ0) is 17.1. The maximum Gasteiger partial charge on any atom is 0.418 e. The van der Waals surface area contributed by atoms with Gasteiger partial charge in [0.25, 0.3) is 0 Å². The number of nitrogens with zero attached hydrogens (tertiary/aromatic N) is 3. The van der Waals surface area contributed by atoms with E-state index in [1.165, 1.54) is 17.4 Å². The highest BCUT2D eigenvalue weighted by molar-refractivity contribution is 7.22. The van der Waals surface area contributed by atoms with Gasteiger partial charge in [-0.05, 0) is 55.0 Å². The molecule has 0 atom stereocenters. The normalized spacial score (nSPS) is 15.2. The molecule has 1 saturated carbocycles. The predicted octanol–water partition coefficient (Wildman–Crippen LogP) is 3.22. The first-order chi connectivity index (χ1) is 11.3. The fraction of sp³-hybridized carbons (Fsp3) is 0.312. The molecule has 3 nitrogen and oxygen atoms in total. The second kappa shape index (κ2) is 5.27. The molecule has 1 fully saturated rings. The van der Waals surface area contributed by atoms with Crippen LogP contribution in [0.4, 0.5) is 13.2 Å². The first-order valence-electron chi connectivity index (χ1n) is 7.66. The number of alkyl halides is 3. The molecule has 3 aromatic rings. The minimum atomic E-state index is -4.43. The van der Waals surface area contributed by atoms with Crippen molar-refractivity contribution >= 4 is 35.0 Å². The van der Waals surface area contributed by atoms with Crippen molar-refractivity contribution in [1.82, 2.24) is 15.2 Å². The highest BCUT2D eigenvalue weighted by Gasteiger charge is 2.36. The molecule has 0 saturated heterocycles. The summed E-state index contributed by atoms with van der Waals surface area (Å²) >= 11 is 1.32. The Bertz CT molecular complexity index is 948. The van der Waals surface area contributed by atoms with E-state index in [9.17, 15) is 13.2 Å². The van der Waals surface area contributed by atoms with Crippen LogP contribution in [0, 0.1) is 6.92 Å². The number of hydrogen-bond acceptors (Lipinski definition) is 4. The van der Waals surface area contributed by atoms with Crippen molar-refractivity contribution in [3.05, 3.63) is 34.9 Å². The topological polar surface area (TPSA) is 38.7 Å². The fourth-order valence-electron chi connectivity index (χ4n) is 2.89. The molecule has 8 heteroatoms. The van der Waals surface area contributed by atoms with E-state index in [1.807, 2.05) is 13.0 Å². The molecule has 0 N–H and O–H groups in total. The van der Waals surface area contributed by atoms with E-state index in [4.69, 9.17) is 0 Å². The molecule has 0 bridgehead atoms. The molecule has 2 aromatic heterocycles. The number of rotatable bonds is 2. The standard InChI is InChI=1S/C16H13BF3N3S/c1-7-4-12(14-22-23-15(17)24-14)21-13-10(7)5-9(8-2-3-8)6-11(13)16(18,19)20/h4-6,8H,2-3,17H2,1H3. The van der Waals surface area contributed by atoms with Crippen LogP contribution in [0.3, 0.4) is 0 Å². The molecule has 0 unspecified atom stereocenters. The van der Waals surface area contributed by atoms with Gasteiger partial charge in [-0.1, -0.05) is 0 Å². The van der Waals surface area contributed by atoms with Gasteiger partial charge in [0.2, 0.25) is 0 Å². The van der Waals surface area contributed by atoms with Crippen molar-refractivity contribution in [3.63, 3.8) is 0 Å². The van der Waals surface area contributed by atoms with Crippen LogP contribution in [0.1, 0.15) is 35.4 Å². The van der Waals surface area contributed by atoms with Crippen LogP contribution in [0.2, 0.25) is 0 Å². The first-order valence-corrected chi connectivity index (χ1v) is 8.47. The Hall–Kier alpha value is -1.96. The molecule has 2 heterocycles. The van der Waals surface area contributed by atoms with Gasteiger partial charge >= 0.3 is 6.18 Å². The average molecular weight is 347 g/mol. The second-order valence-electron chi connectivity index (χ2n) is 6.19. The van der Waals surface area contributed by atoms with Crippen molar-refractivity contribution < 1.29 is 13.2 Å². The molecule has 0 aliphatic heterocycles. The van der Waals surface area contributed by atoms with Crippen LogP contribution in [0.15, 0.2) is 18.2 Å². The van der Waals surface area contributed by atoms with Crippen molar-refractivity contribution in [3.8, 4) is 10.7 Å². The van der Waals surface area contributed by atoms with Crippen LogP contribution in [0.5, 0.6) is 0 Å². The zero-order valence-corrected chi connectivity index (χ0v) is 13.9. The number of benzene rings is 1. The molecule has 0 amide bonds. The quantitative estimate of drug-likeness (QED) is 0.668. The molecule has 0 radical (unpaired) electrons. The van der Waals surface area contributed by atoms with Crippen LogP contribution in [0.25, 0.3) is 21.6 Å². The monoisotopic (exact) mass is 347 g/mol. The molecular formula is C16H13BF3N3S. The average Bonchev–Trinajstić information content (AvgIpc) is 3.27. The van der Waals surface area contributed by atoms with Gasteiger partial charge < -0.3 is 0 Å². The van der Waals surface area contributed by atoms with E-state index in [1.54, 1.807) is 13.9 Å². The van der Waals surface area contributed by atoms with Gasteiger partial charge in [0.15, 0.2) is 12.9 Å². The zero-order valence-electron chi connectivity index (χ0n) is 13.1. The lowest BCUT2D eigenvalue weighted by atomic mass is 9.98. The number of hydrogen-bond donors (Lipinski definition) is 0. The van der Waals surface area contributed by atoms with Crippen molar-refractivity contribution in [2.24, 2.45) is 0 Å². The molecule has 1 aliphatic rings. The van der Waals surface area contributed by atoms with Gasteiger partial charge in [-0.3, -0.25) is 0 Å². The lowest BCUT2D eigenvalue weighted by Gasteiger charge is -2.14. The van der Waals surface area contributed by atoms with E-state index in [2.05, 4.69) is 15.2 Å². The molecule has 24 heavy (non-hydrogen) atoms. The summed E-state index contributed by atoms with van der Waals surface area (Å²) in [4.78, 5) is 5.05. The third-order valence-electron chi connectivity index (χ3n) is 4.24. The Labute approximate surface area is 141 Å². The molecular weight excluding hydrogens is 334 g/mol. The lowest BCUT2D eigenvalue weighted by Crippen LogP contribution is -2.08. The van der Waals surface area contributed by atoms with Gasteiger partial charge in [-0.2, -0.15) is 18.3 Å². The van der Waals surface area contributed by atoms with Crippen LogP contribution < -0.4 is 4.91 Å². The van der Waals surface area contributed by atoms with Gasteiger partial charge in [0, 0.05) is 5.39 Å². The minimum absolute atomic E-state index is 0.00486. The Morgan fingerprint density at radius 1 is 1.17 bits per heavy atom. The van der Waals surface area contributed by atoms with Crippen molar-refractivity contribution in [2.45, 2.75) is 31.9 Å².